The lowest BCUT2D eigenvalue weighted by atomic mass is 9.92. The molecule has 1 heterocycles. The van der Waals surface area contributed by atoms with E-state index >= 15 is 0 Å². The lowest BCUT2D eigenvalue weighted by Gasteiger charge is -2.38. The van der Waals surface area contributed by atoms with E-state index in [2.05, 4.69) is 0 Å². The van der Waals surface area contributed by atoms with Gasteiger partial charge in [-0.2, -0.15) is 0 Å². The zero-order valence-corrected chi connectivity index (χ0v) is 11.9. The van der Waals surface area contributed by atoms with E-state index in [-0.39, 0.29) is 30.0 Å². The highest BCUT2D eigenvalue weighted by molar-refractivity contribution is 5.76. The van der Waals surface area contributed by atoms with Crippen LogP contribution < -0.4 is 5.73 Å². The zero-order chi connectivity index (χ0) is 15.6. The summed E-state index contributed by atoms with van der Waals surface area (Å²) in [6.07, 6.45) is 0.192. The molecule has 0 aliphatic carbocycles. The molecule has 1 amide bonds. The molecule has 1 aliphatic heterocycles. The number of β-amino-alcohol motifs (C(OH)–C–C–N with tert-alkyl or cyclic N) is 1. The molecule has 1 fully saturated rings. The van der Waals surface area contributed by atoms with Gasteiger partial charge in [0.2, 0.25) is 5.91 Å². The number of nitrogens with two attached hydrogens (primary N) is 1. The highest BCUT2D eigenvalue weighted by atomic mass is 19.1. The molecular weight excluding hydrogens is 278 g/mol. The molecule has 0 aromatic heterocycles. The van der Waals surface area contributed by atoms with Crippen LogP contribution in [0.2, 0.25) is 0 Å². The molecule has 21 heavy (non-hydrogen) atoms. The van der Waals surface area contributed by atoms with Gasteiger partial charge in [-0.25, -0.2) is 8.78 Å². The third-order valence-electron chi connectivity index (χ3n) is 4.15. The summed E-state index contributed by atoms with van der Waals surface area (Å²) >= 11 is 0. The Balaban J connectivity index is 2.10. The SMILES string of the molecule is CC1CCC(C(N)=O)CN1CC(O)c1c(F)cccc1F. The van der Waals surface area contributed by atoms with Gasteiger partial charge in [-0.15, -0.1) is 0 Å². The maximum Gasteiger partial charge on any atom is 0.221 e. The van der Waals surface area contributed by atoms with Gasteiger partial charge in [0.1, 0.15) is 11.6 Å². The number of hydrogen-bond donors (Lipinski definition) is 2. The molecule has 3 N–H and O–H groups in total. The van der Waals surface area contributed by atoms with Gasteiger partial charge in [0.25, 0.3) is 0 Å². The number of hydrogen-bond acceptors (Lipinski definition) is 3. The van der Waals surface area contributed by atoms with Crippen LogP contribution in [0.25, 0.3) is 0 Å². The normalized spacial score (nSPS) is 24.8. The van der Waals surface area contributed by atoms with Crippen molar-refractivity contribution in [1.82, 2.24) is 4.90 Å². The van der Waals surface area contributed by atoms with Gasteiger partial charge in [0.05, 0.1) is 17.6 Å². The minimum atomic E-state index is -1.28. The van der Waals surface area contributed by atoms with Crippen molar-refractivity contribution in [3.05, 3.63) is 35.4 Å². The quantitative estimate of drug-likeness (QED) is 0.887. The Morgan fingerprint density at radius 1 is 1.43 bits per heavy atom. The van der Waals surface area contributed by atoms with E-state index in [1.54, 1.807) is 0 Å². The predicted octanol–water partition coefficient (Wildman–Crippen LogP) is 1.58. The van der Waals surface area contributed by atoms with Crippen LogP contribution in [-0.4, -0.2) is 35.0 Å². The van der Waals surface area contributed by atoms with Crippen LogP contribution in [-0.2, 0) is 4.79 Å². The number of benzene rings is 1. The van der Waals surface area contributed by atoms with Crippen LogP contribution in [0.1, 0.15) is 31.4 Å². The van der Waals surface area contributed by atoms with Crippen LogP contribution in [0, 0.1) is 17.6 Å². The van der Waals surface area contributed by atoms with Crippen molar-refractivity contribution < 1.29 is 18.7 Å². The van der Waals surface area contributed by atoms with Gasteiger partial charge < -0.3 is 10.8 Å². The minimum Gasteiger partial charge on any atom is -0.387 e. The molecule has 0 bridgehead atoms. The summed E-state index contributed by atoms with van der Waals surface area (Å²) in [6.45, 7) is 2.44. The van der Waals surface area contributed by atoms with Crippen molar-refractivity contribution >= 4 is 5.91 Å². The number of primary amides is 1. The summed E-state index contributed by atoms with van der Waals surface area (Å²) in [6, 6.07) is 3.62. The Labute approximate surface area is 122 Å². The third-order valence-corrected chi connectivity index (χ3v) is 4.15. The lowest BCUT2D eigenvalue weighted by Crippen LogP contribution is -2.47. The number of carbonyl (C=O) groups is 1. The van der Waals surface area contributed by atoms with Crippen molar-refractivity contribution in [2.45, 2.75) is 31.9 Å². The third kappa shape index (κ3) is 3.57. The fraction of sp³-hybridized carbons (Fsp3) is 0.533. The molecule has 6 heteroatoms. The average Bonchev–Trinajstić information content (AvgIpc) is 2.40. The molecule has 116 valence electrons. The van der Waals surface area contributed by atoms with E-state index in [1.807, 2.05) is 11.8 Å². The molecule has 3 atom stereocenters. The van der Waals surface area contributed by atoms with Gasteiger partial charge in [-0.05, 0) is 31.9 Å². The van der Waals surface area contributed by atoms with Gasteiger partial charge in [-0.3, -0.25) is 9.69 Å². The zero-order valence-electron chi connectivity index (χ0n) is 11.9. The number of aliphatic hydroxyl groups excluding tert-OH is 1. The highest BCUT2D eigenvalue weighted by Crippen LogP contribution is 2.26. The first kappa shape index (κ1) is 15.9. The number of amides is 1. The van der Waals surface area contributed by atoms with Crippen molar-refractivity contribution in [1.29, 1.82) is 0 Å². The number of rotatable bonds is 4. The van der Waals surface area contributed by atoms with Crippen molar-refractivity contribution in [2.24, 2.45) is 11.7 Å². The second-order valence-electron chi connectivity index (χ2n) is 5.63. The topological polar surface area (TPSA) is 66.6 Å². The molecular formula is C15H20F2N2O2. The maximum absolute atomic E-state index is 13.7. The smallest absolute Gasteiger partial charge is 0.221 e. The van der Waals surface area contributed by atoms with Crippen molar-refractivity contribution in [3.8, 4) is 0 Å². The molecule has 0 radical (unpaired) electrons. The first-order chi connectivity index (χ1) is 9.90. The Kier molecular flexibility index (Phi) is 4.90. The standard InChI is InChI=1S/C15H20F2N2O2/c1-9-5-6-10(15(18)21)7-19(9)8-13(20)14-11(16)3-2-4-12(14)17/h2-4,9-10,13,20H,5-8H2,1H3,(H2,18,21). The lowest BCUT2D eigenvalue weighted by molar-refractivity contribution is -0.124. The molecule has 2 rings (SSSR count). The van der Waals surface area contributed by atoms with Crippen LogP contribution >= 0.6 is 0 Å². The second kappa shape index (κ2) is 6.49. The van der Waals surface area contributed by atoms with Gasteiger partial charge >= 0.3 is 0 Å². The van der Waals surface area contributed by atoms with Crippen molar-refractivity contribution in [3.63, 3.8) is 0 Å². The molecule has 1 aromatic carbocycles. The molecule has 3 unspecified atom stereocenters. The summed E-state index contributed by atoms with van der Waals surface area (Å²) in [7, 11) is 0. The Hall–Kier alpha value is -1.53. The summed E-state index contributed by atoms with van der Waals surface area (Å²) in [5.41, 5.74) is 4.99. The number of piperidine rings is 1. The monoisotopic (exact) mass is 298 g/mol. The van der Waals surface area contributed by atoms with E-state index in [4.69, 9.17) is 5.73 Å². The van der Waals surface area contributed by atoms with Crippen molar-refractivity contribution in [2.75, 3.05) is 13.1 Å². The fourth-order valence-electron chi connectivity index (χ4n) is 2.81. The summed E-state index contributed by atoms with van der Waals surface area (Å²) in [5.74, 6) is -2.19. The minimum absolute atomic E-state index is 0.0722. The Bertz CT molecular complexity index is 504. The summed E-state index contributed by atoms with van der Waals surface area (Å²) in [4.78, 5) is 13.1. The van der Waals surface area contributed by atoms with Gasteiger partial charge in [-0.1, -0.05) is 6.07 Å². The van der Waals surface area contributed by atoms with Gasteiger partial charge in [0, 0.05) is 19.1 Å². The molecule has 0 spiro atoms. The summed E-state index contributed by atoms with van der Waals surface area (Å²) < 4.78 is 27.3. The Morgan fingerprint density at radius 3 is 2.62 bits per heavy atom. The second-order valence-corrected chi connectivity index (χ2v) is 5.63. The molecule has 1 aromatic rings. The molecule has 1 saturated heterocycles. The van der Waals surface area contributed by atoms with Crippen LogP contribution in [0.3, 0.4) is 0 Å². The number of carbonyl (C=O) groups excluding carboxylic acids is 1. The van der Waals surface area contributed by atoms with E-state index < -0.39 is 17.7 Å². The number of nitrogens with zero attached hydrogens (tertiary/aromatic N) is 1. The first-order valence-electron chi connectivity index (χ1n) is 7.05. The van der Waals surface area contributed by atoms with E-state index in [0.717, 1.165) is 18.6 Å². The predicted molar refractivity (Wildman–Crippen MR) is 74.3 cm³/mol. The van der Waals surface area contributed by atoms with E-state index in [0.29, 0.717) is 13.0 Å². The Morgan fingerprint density at radius 2 is 2.05 bits per heavy atom. The largest absolute Gasteiger partial charge is 0.387 e. The number of aliphatic hydroxyl groups is 1. The van der Waals surface area contributed by atoms with E-state index in [1.165, 1.54) is 6.07 Å². The number of likely N-dealkylation sites (tertiary alicyclic amines) is 1. The van der Waals surface area contributed by atoms with E-state index in [9.17, 15) is 18.7 Å². The number of halogens is 2. The fourth-order valence-corrected chi connectivity index (χ4v) is 2.81. The van der Waals surface area contributed by atoms with Crippen LogP contribution in [0.5, 0.6) is 0 Å². The average molecular weight is 298 g/mol. The molecule has 0 saturated carbocycles. The maximum atomic E-state index is 13.7. The van der Waals surface area contributed by atoms with Crippen LogP contribution in [0.4, 0.5) is 8.78 Å². The molecule has 4 nitrogen and oxygen atoms in total. The first-order valence-corrected chi connectivity index (χ1v) is 7.05. The van der Waals surface area contributed by atoms with Gasteiger partial charge in [0.15, 0.2) is 0 Å². The molecule has 1 aliphatic rings. The summed E-state index contributed by atoms with van der Waals surface area (Å²) in [5, 5.41) is 10.1. The highest BCUT2D eigenvalue weighted by Gasteiger charge is 2.31. The van der Waals surface area contributed by atoms with Crippen LogP contribution in [0.15, 0.2) is 18.2 Å².